The van der Waals surface area contributed by atoms with E-state index in [-0.39, 0.29) is 11.4 Å². The van der Waals surface area contributed by atoms with Gasteiger partial charge >= 0.3 is 0 Å². The number of pyridine rings is 1. The largest absolute Gasteiger partial charge is 0.330 e. The van der Waals surface area contributed by atoms with Gasteiger partial charge < -0.3 is 10.2 Å². The molecule has 0 aliphatic carbocycles. The van der Waals surface area contributed by atoms with E-state index in [1.807, 2.05) is 36.4 Å². The van der Waals surface area contributed by atoms with E-state index in [1.54, 1.807) is 0 Å². The Morgan fingerprint density at radius 2 is 2.13 bits per heavy atom. The molecule has 4 nitrogen and oxygen atoms in total. The van der Waals surface area contributed by atoms with Gasteiger partial charge in [-0.2, -0.15) is 0 Å². The van der Waals surface area contributed by atoms with Crippen LogP contribution in [0.4, 0.5) is 0 Å². The number of rotatable bonds is 1. The van der Waals surface area contributed by atoms with Gasteiger partial charge in [-0.05, 0) is 51.3 Å². The molecule has 4 rings (SSSR count). The second kappa shape index (κ2) is 5.60. The second-order valence-electron chi connectivity index (χ2n) is 6.96. The van der Waals surface area contributed by atoms with E-state index in [0.717, 1.165) is 49.7 Å². The molecule has 0 radical (unpaired) electrons. The average Bonchev–Trinajstić information content (AvgIpc) is 2.59. The van der Waals surface area contributed by atoms with Crippen LogP contribution < -0.4 is 5.32 Å². The maximum absolute atomic E-state index is 13.1. The summed E-state index contributed by atoms with van der Waals surface area (Å²) >= 11 is 0. The summed E-state index contributed by atoms with van der Waals surface area (Å²) < 4.78 is 0. The first kappa shape index (κ1) is 14.6. The van der Waals surface area contributed by atoms with Crippen molar-refractivity contribution in [1.29, 1.82) is 0 Å². The van der Waals surface area contributed by atoms with Crippen LogP contribution in [0.2, 0.25) is 0 Å². The molecule has 2 fully saturated rings. The third-order valence-electron chi connectivity index (χ3n) is 5.55. The smallest absolute Gasteiger partial charge is 0.272 e. The number of hydrogen-bond acceptors (Lipinski definition) is 3. The zero-order valence-corrected chi connectivity index (χ0v) is 13.6. The summed E-state index contributed by atoms with van der Waals surface area (Å²) in [4.78, 5) is 19.8. The van der Waals surface area contributed by atoms with Crippen molar-refractivity contribution < 1.29 is 4.79 Å². The van der Waals surface area contributed by atoms with Crippen molar-refractivity contribution in [3.05, 3.63) is 42.1 Å². The van der Waals surface area contributed by atoms with Crippen LogP contribution in [0.25, 0.3) is 10.9 Å². The third kappa shape index (κ3) is 2.41. The summed E-state index contributed by atoms with van der Waals surface area (Å²) in [6.07, 6.45) is 4.42. The highest BCUT2D eigenvalue weighted by molar-refractivity contribution is 5.95. The Morgan fingerprint density at radius 1 is 1.26 bits per heavy atom. The maximum atomic E-state index is 13.1. The molecule has 0 bridgehead atoms. The van der Waals surface area contributed by atoms with Crippen LogP contribution in [0.1, 0.15) is 43.1 Å². The first-order valence-corrected chi connectivity index (χ1v) is 8.60. The van der Waals surface area contributed by atoms with E-state index in [4.69, 9.17) is 0 Å². The fourth-order valence-electron chi connectivity index (χ4n) is 4.22. The van der Waals surface area contributed by atoms with Gasteiger partial charge in [0.25, 0.3) is 5.91 Å². The molecule has 2 saturated heterocycles. The minimum atomic E-state index is -0.0824. The molecule has 0 saturated carbocycles. The molecule has 1 N–H and O–H groups in total. The molecule has 2 aliphatic heterocycles. The van der Waals surface area contributed by atoms with Crippen molar-refractivity contribution >= 4 is 16.8 Å². The second-order valence-corrected chi connectivity index (χ2v) is 6.96. The topological polar surface area (TPSA) is 45.2 Å². The fraction of sp³-hybridized carbons (Fsp3) is 0.474. The lowest BCUT2D eigenvalue weighted by molar-refractivity contribution is 0.00837. The van der Waals surface area contributed by atoms with Crippen LogP contribution in [-0.2, 0) is 0 Å². The summed E-state index contributed by atoms with van der Waals surface area (Å²) in [5, 5.41) is 4.69. The summed E-state index contributed by atoms with van der Waals surface area (Å²) in [6.45, 7) is 4.14. The van der Waals surface area contributed by atoms with Gasteiger partial charge in [-0.3, -0.25) is 4.79 Å². The average molecular weight is 309 g/mol. The maximum Gasteiger partial charge on any atom is 0.272 e. The van der Waals surface area contributed by atoms with Gasteiger partial charge in [0.2, 0.25) is 0 Å². The van der Waals surface area contributed by atoms with E-state index >= 15 is 0 Å². The van der Waals surface area contributed by atoms with E-state index in [9.17, 15) is 4.79 Å². The zero-order valence-electron chi connectivity index (χ0n) is 13.6. The summed E-state index contributed by atoms with van der Waals surface area (Å²) in [5.74, 6) is 0.0756. The Morgan fingerprint density at radius 3 is 3.04 bits per heavy atom. The molecule has 2 aromatic rings. The van der Waals surface area contributed by atoms with Crippen molar-refractivity contribution in [2.24, 2.45) is 0 Å². The van der Waals surface area contributed by atoms with Gasteiger partial charge in [-0.1, -0.05) is 24.3 Å². The molecule has 120 valence electrons. The van der Waals surface area contributed by atoms with Crippen molar-refractivity contribution in [3.8, 4) is 0 Å². The number of nitrogens with one attached hydrogen (secondary N) is 1. The number of amides is 1. The quantitative estimate of drug-likeness (QED) is 0.881. The number of carbonyl (C=O) groups excluding carboxylic acids is 1. The monoisotopic (exact) mass is 309 g/mol. The van der Waals surface area contributed by atoms with E-state index in [1.165, 1.54) is 0 Å². The van der Waals surface area contributed by atoms with Crippen molar-refractivity contribution in [1.82, 2.24) is 15.2 Å². The number of hydrogen-bond donors (Lipinski definition) is 1. The minimum absolute atomic E-state index is 0.0756. The molecule has 1 amide bonds. The van der Waals surface area contributed by atoms with Crippen LogP contribution in [-0.4, -0.2) is 40.5 Å². The molecule has 1 aromatic heterocycles. The van der Waals surface area contributed by atoms with Crippen LogP contribution in [0.3, 0.4) is 0 Å². The number of nitrogens with zero attached hydrogens (tertiary/aromatic N) is 2. The third-order valence-corrected chi connectivity index (χ3v) is 5.55. The van der Waals surface area contributed by atoms with Gasteiger partial charge in [0.15, 0.2) is 0 Å². The Labute approximate surface area is 136 Å². The number of para-hydroxylation sites is 1. The molecule has 0 spiro atoms. The number of aromatic nitrogens is 1. The van der Waals surface area contributed by atoms with Crippen molar-refractivity contribution in [2.45, 2.75) is 44.2 Å². The van der Waals surface area contributed by atoms with Gasteiger partial charge in [-0.25, -0.2) is 4.98 Å². The SMILES string of the molecule is C[C@]12CCCN[C@@H]1CCCN2C(=O)c1ccc2ccccc2n1. The minimum Gasteiger partial charge on any atom is -0.330 e. The van der Waals surface area contributed by atoms with Crippen LogP contribution >= 0.6 is 0 Å². The molecular formula is C19H23N3O. The predicted molar refractivity (Wildman–Crippen MR) is 91.4 cm³/mol. The van der Waals surface area contributed by atoms with Crippen LogP contribution in [0, 0.1) is 0 Å². The lowest BCUT2D eigenvalue weighted by Crippen LogP contribution is -2.66. The number of piperidine rings is 2. The number of likely N-dealkylation sites (tertiary alicyclic amines) is 1. The van der Waals surface area contributed by atoms with Crippen LogP contribution in [0.5, 0.6) is 0 Å². The lowest BCUT2D eigenvalue weighted by Gasteiger charge is -2.52. The Kier molecular flexibility index (Phi) is 3.57. The molecule has 0 unspecified atom stereocenters. The van der Waals surface area contributed by atoms with Gasteiger partial charge in [0, 0.05) is 18.0 Å². The molecular weight excluding hydrogens is 286 g/mol. The van der Waals surface area contributed by atoms with Crippen LogP contribution in [0.15, 0.2) is 36.4 Å². The van der Waals surface area contributed by atoms with Crippen molar-refractivity contribution in [2.75, 3.05) is 13.1 Å². The molecule has 1 aromatic carbocycles. The highest BCUT2D eigenvalue weighted by Crippen LogP contribution is 2.35. The molecule has 4 heteroatoms. The number of benzene rings is 1. The highest BCUT2D eigenvalue weighted by Gasteiger charge is 2.46. The lowest BCUT2D eigenvalue weighted by atomic mass is 9.77. The standard InChI is InChI=1S/C19H23N3O/c1-19-11-5-12-20-17(19)8-4-13-22(19)18(23)16-10-9-14-6-2-3-7-15(14)21-16/h2-3,6-7,9-10,17,20H,4-5,8,11-13H2,1H3/t17-,19+/m1/s1. The normalized spacial score (nSPS) is 27.7. The fourth-order valence-corrected chi connectivity index (χ4v) is 4.22. The number of fused-ring (bicyclic) bond motifs is 2. The Hall–Kier alpha value is -1.94. The predicted octanol–water partition coefficient (Wildman–Crippen LogP) is 2.98. The Bertz CT molecular complexity index is 742. The highest BCUT2D eigenvalue weighted by atomic mass is 16.2. The molecule has 2 aliphatic rings. The Balaban J connectivity index is 1.68. The number of carbonyl (C=O) groups is 1. The summed E-state index contributed by atoms with van der Waals surface area (Å²) in [5.41, 5.74) is 1.37. The molecule has 2 atom stereocenters. The zero-order chi connectivity index (χ0) is 15.9. The van der Waals surface area contributed by atoms with E-state index in [0.29, 0.717) is 11.7 Å². The van der Waals surface area contributed by atoms with Gasteiger partial charge in [-0.15, -0.1) is 0 Å². The first-order valence-electron chi connectivity index (χ1n) is 8.60. The van der Waals surface area contributed by atoms with E-state index < -0.39 is 0 Å². The van der Waals surface area contributed by atoms with Gasteiger partial charge in [0.05, 0.1) is 11.1 Å². The molecule has 23 heavy (non-hydrogen) atoms. The summed E-state index contributed by atoms with van der Waals surface area (Å²) in [7, 11) is 0. The van der Waals surface area contributed by atoms with E-state index in [2.05, 4.69) is 22.1 Å². The summed E-state index contributed by atoms with van der Waals surface area (Å²) in [6, 6.07) is 12.2. The molecule has 3 heterocycles. The van der Waals surface area contributed by atoms with Gasteiger partial charge in [0.1, 0.15) is 5.69 Å². The first-order chi connectivity index (χ1) is 11.2. The van der Waals surface area contributed by atoms with Crippen molar-refractivity contribution in [3.63, 3.8) is 0 Å².